The molecule has 1 amide bonds. The van der Waals surface area contributed by atoms with Crippen LogP contribution >= 0.6 is 0 Å². The van der Waals surface area contributed by atoms with E-state index < -0.39 is 5.82 Å². The fraction of sp³-hybridized carbons (Fsp3) is 0.333. The first-order valence-electron chi connectivity index (χ1n) is 5.11. The number of methoxy groups -OCH3 is 1. The predicted octanol–water partition coefficient (Wildman–Crippen LogP) is 1.43. The van der Waals surface area contributed by atoms with Crippen molar-refractivity contribution in [3.05, 3.63) is 29.6 Å². The third kappa shape index (κ3) is 4.22. The number of rotatable bonds is 5. The summed E-state index contributed by atoms with van der Waals surface area (Å²) >= 11 is 0. The Labute approximate surface area is 98.8 Å². The number of halogens is 1. The lowest BCUT2D eigenvalue weighted by atomic mass is 10.2. The van der Waals surface area contributed by atoms with Gasteiger partial charge in [0.2, 0.25) is 5.91 Å². The van der Waals surface area contributed by atoms with Gasteiger partial charge in [-0.15, -0.1) is 0 Å². The van der Waals surface area contributed by atoms with Crippen LogP contribution in [0.4, 0.5) is 4.39 Å². The van der Waals surface area contributed by atoms with Crippen molar-refractivity contribution in [1.82, 2.24) is 5.32 Å². The Hall–Kier alpha value is -1.91. The average Bonchev–Trinajstić information content (AvgIpc) is 2.25. The second-order valence-corrected chi connectivity index (χ2v) is 3.61. The molecule has 1 aromatic rings. The maximum absolute atomic E-state index is 13.0. The normalized spacial score (nSPS) is 9.82. The molecule has 0 aliphatic heterocycles. The number of hydrogen-bond acceptors (Lipinski definition) is 3. The Morgan fingerprint density at radius 3 is 2.71 bits per heavy atom. The highest BCUT2D eigenvalue weighted by Gasteiger charge is 2.08. The molecule has 0 aromatic heterocycles. The van der Waals surface area contributed by atoms with Gasteiger partial charge >= 0.3 is 0 Å². The first-order chi connectivity index (χ1) is 8.02. The maximum atomic E-state index is 13.0. The van der Waals surface area contributed by atoms with Crippen LogP contribution in [0, 0.1) is 5.82 Å². The monoisotopic (exact) mass is 239 g/mol. The van der Waals surface area contributed by atoms with Gasteiger partial charge in [-0.25, -0.2) is 4.39 Å². The second-order valence-electron chi connectivity index (χ2n) is 3.61. The summed E-state index contributed by atoms with van der Waals surface area (Å²) in [6.07, 6.45) is -0.169. The SMILES string of the molecule is COc1ccc(F)cc1CNC(=O)CC(C)=O. The first kappa shape index (κ1) is 13.2. The minimum atomic E-state index is -0.401. The van der Waals surface area contributed by atoms with Crippen molar-refractivity contribution >= 4 is 11.7 Å². The van der Waals surface area contributed by atoms with Crippen molar-refractivity contribution in [3.8, 4) is 5.75 Å². The van der Waals surface area contributed by atoms with Crippen molar-refractivity contribution in [3.63, 3.8) is 0 Å². The van der Waals surface area contributed by atoms with E-state index >= 15 is 0 Å². The van der Waals surface area contributed by atoms with Crippen LogP contribution in [0.2, 0.25) is 0 Å². The molecule has 0 unspecified atom stereocenters. The predicted molar refractivity (Wildman–Crippen MR) is 60.1 cm³/mol. The van der Waals surface area contributed by atoms with E-state index in [1.54, 1.807) is 0 Å². The number of nitrogens with one attached hydrogen (secondary N) is 1. The number of benzene rings is 1. The lowest BCUT2D eigenvalue weighted by Gasteiger charge is -2.09. The lowest BCUT2D eigenvalue weighted by Crippen LogP contribution is -2.24. The van der Waals surface area contributed by atoms with Crippen molar-refractivity contribution in [2.45, 2.75) is 19.9 Å². The summed E-state index contributed by atoms with van der Waals surface area (Å²) in [6.45, 7) is 1.47. The van der Waals surface area contributed by atoms with Crippen LogP contribution in [0.25, 0.3) is 0 Å². The number of amides is 1. The van der Waals surface area contributed by atoms with Gasteiger partial charge in [-0.3, -0.25) is 9.59 Å². The number of carbonyl (C=O) groups excluding carboxylic acids is 2. The topological polar surface area (TPSA) is 55.4 Å². The van der Waals surface area contributed by atoms with E-state index in [9.17, 15) is 14.0 Å². The third-order valence-corrected chi connectivity index (χ3v) is 2.13. The Morgan fingerprint density at radius 1 is 1.41 bits per heavy atom. The smallest absolute Gasteiger partial charge is 0.227 e. The fourth-order valence-corrected chi connectivity index (χ4v) is 1.37. The summed E-state index contributed by atoms with van der Waals surface area (Å²) < 4.78 is 18.0. The second kappa shape index (κ2) is 5.98. The molecule has 1 rings (SSSR count). The minimum absolute atomic E-state index is 0.132. The van der Waals surface area contributed by atoms with Crippen molar-refractivity contribution < 1.29 is 18.7 Å². The summed E-state index contributed by atoms with van der Waals surface area (Å²) in [5.74, 6) is -0.506. The van der Waals surface area contributed by atoms with Crippen LogP contribution in [0.1, 0.15) is 18.9 Å². The number of hydrogen-bond donors (Lipinski definition) is 1. The van der Waals surface area contributed by atoms with Gasteiger partial charge in [0, 0.05) is 12.1 Å². The molecule has 0 saturated carbocycles. The number of Topliss-reactive ketones (excluding diaryl/α,β-unsaturated/α-hetero) is 1. The molecule has 0 aliphatic carbocycles. The molecule has 1 N–H and O–H groups in total. The highest BCUT2D eigenvalue weighted by molar-refractivity contribution is 5.96. The van der Waals surface area contributed by atoms with Crippen LogP contribution in [-0.4, -0.2) is 18.8 Å². The van der Waals surface area contributed by atoms with E-state index in [4.69, 9.17) is 4.74 Å². The molecule has 92 valence electrons. The quantitative estimate of drug-likeness (QED) is 0.791. The van der Waals surface area contributed by atoms with Crippen molar-refractivity contribution in [2.75, 3.05) is 7.11 Å². The highest BCUT2D eigenvalue weighted by Crippen LogP contribution is 2.18. The van der Waals surface area contributed by atoms with Crippen LogP contribution in [0.15, 0.2) is 18.2 Å². The zero-order valence-corrected chi connectivity index (χ0v) is 9.75. The van der Waals surface area contributed by atoms with E-state index in [2.05, 4.69) is 5.32 Å². The molecule has 0 radical (unpaired) electrons. The van der Waals surface area contributed by atoms with Gasteiger partial charge in [0.15, 0.2) is 0 Å². The molecule has 0 aliphatic rings. The molecule has 4 nitrogen and oxygen atoms in total. The number of ether oxygens (including phenoxy) is 1. The summed E-state index contributed by atoms with van der Waals surface area (Å²) in [5, 5.41) is 2.53. The van der Waals surface area contributed by atoms with Gasteiger partial charge < -0.3 is 10.1 Å². The molecule has 1 aromatic carbocycles. The van der Waals surface area contributed by atoms with Crippen molar-refractivity contribution in [2.24, 2.45) is 0 Å². The van der Waals surface area contributed by atoms with Gasteiger partial charge in [0.1, 0.15) is 17.3 Å². The fourth-order valence-electron chi connectivity index (χ4n) is 1.37. The molecule has 5 heteroatoms. The van der Waals surface area contributed by atoms with Crippen LogP contribution in [-0.2, 0) is 16.1 Å². The van der Waals surface area contributed by atoms with E-state index in [1.807, 2.05) is 0 Å². The zero-order valence-electron chi connectivity index (χ0n) is 9.75. The number of carbonyl (C=O) groups is 2. The molecule has 0 saturated heterocycles. The molecule has 0 bridgehead atoms. The number of ketones is 1. The van der Waals surface area contributed by atoms with Gasteiger partial charge in [-0.1, -0.05) is 0 Å². The molecule has 0 heterocycles. The third-order valence-electron chi connectivity index (χ3n) is 2.13. The standard InChI is InChI=1S/C12H14FNO3/c1-8(15)5-12(16)14-7-9-6-10(13)3-4-11(9)17-2/h3-4,6H,5,7H2,1-2H3,(H,14,16). The summed E-state index contributed by atoms with van der Waals surface area (Å²) in [4.78, 5) is 21.9. The van der Waals surface area contributed by atoms with E-state index in [0.29, 0.717) is 11.3 Å². The molecular formula is C12H14FNO3. The molecule has 0 atom stereocenters. The van der Waals surface area contributed by atoms with E-state index in [1.165, 1.54) is 32.2 Å². The van der Waals surface area contributed by atoms with Gasteiger partial charge in [-0.2, -0.15) is 0 Å². The molecule has 17 heavy (non-hydrogen) atoms. The lowest BCUT2D eigenvalue weighted by molar-refractivity contribution is -0.127. The van der Waals surface area contributed by atoms with Gasteiger partial charge in [-0.05, 0) is 25.1 Å². The van der Waals surface area contributed by atoms with Gasteiger partial charge in [0.25, 0.3) is 0 Å². The van der Waals surface area contributed by atoms with Crippen molar-refractivity contribution in [1.29, 1.82) is 0 Å². The summed E-state index contributed by atoms with van der Waals surface area (Å²) in [6, 6.07) is 4.05. The minimum Gasteiger partial charge on any atom is -0.496 e. The van der Waals surface area contributed by atoms with Crippen LogP contribution in [0.5, 0.6) is 5.75 Å². The maximum Gasteiger partial charge on any atom is 0.227 e. The molecular weight excluding hydrogens is 225 g/mol. The highest BCUT2D eigenvalue weighted by atomic mass is 19.1. The summed E-state index contributed by atoms with van der Waals surface area (Å²) in [7, 11) is 1.47. The Bertz CT molecular complexity index is 432. The Morgan fingerprint density at radius 2 is 2.12 bits per heavy atom. The molecule has 0 fully saturated rings. The van der Waals surface area contributed by atoms with Gasteiger partial charge in [0.05, 0.1) is 13.5 Å². The Kier molecular flexibility index (Phi) is 4.63. The first-order valence-corrected chi connectivity index (χ1v) is 5.11. The Balaban J connectivity index is 2.65. The largest absolute Gasteiger partial charge is 0.496 e. The van der Waals surface area contributed by atoms with Crippen LogP contribution in [0.3, 0.4) is 0 Å². The van der Waals surface area contributed by atoms with Crippen LogP contribution < -0.4 is 10.1 Å². The summed E-state index contributed by atoms with van der Waals surface area (Å²) in [5.41, 5.74) is 0.532. The average molecular weight is 239 g/mol. The van der Waals surface area contributed by atoms with E-state index in [-0.39, 0.29) is 24.7 Å². The van der Waals surface area contributed by atoms with E-state index in [0.717, 1.165) is 0 Å². The molecule has 0 spiro atoms. The zero-order chi connectivity index (χ0) is 12.8.